The van der Waals surface area contributed by atoms with Gasteiger partial charge in [0.2, 0.25) is 0 Å². The summed E-state index contributed by atoms with van der Waals surface area (Å²) in [5.74, 6) is 0. The van der Waals surface area contributed by atoms with Gasteiger partial charge in [-0.2, -0.15) is 0 Å². The molecule has 0 bridgehead atoms. The van der Waals surface area contributed by atoms with Gasteiger partial charge >= 0.3 is 0 Å². The van der Waals surface area contributed by atoms with E-state index in [9.17, 15) is 10.2 Å². The molecule has 0 spiro atoms. The highest BCUT2D eigenvalue weighted by Crippen LogP contribution is 2.22. The first kappa shape index (κ1) is 9.55. The smallest absolute Gasteiger partial charge is 0.105 e. The Morgan fingerprint density at radius 2 is 2.25 bits per heavy atom. The highest BCUT2D eigenvalue weighted by molar-refractivity contribution is 4.99. The predicted molar refractivity (Wildman–Crippen MR) is 47.6 cm³/mol. The van der Waals surface area contributed by atoms with E-state index in [1.165, 1.54) is 0 Å². The average molecular weight is 171 g/mol. The van der Waals surface area contributed by atoms with Crippen molar-refractivity contribution in [1.29, 1.82) is 0 Å². The Hall–Kier alpha value is -0.540. The third-order valence-corrected chi connectivity index (χ3v) is 2.44. The number of piperidine rings is 1. The molecule has 0 radical (unpaired) electrons. The van der Waals surface area contributed by atoms with Gasteiger partial charge in [0.1, 0.15) is 5.60 Å². The lowest BCUT2D eigenvalue weighted by Gasteiger charge is -2.41. The highest BCUT2D eigenvalue weighted by atomic mass is 16.3. The van der Waals surface area contributed by atoms with Crippen LogP contribution >= 0.6 is 0 Å². The van der Waals surface area contributed by atoms with Gasteiger partial charge in [-0.25, -0.2) is 0 Å². The summed E-state index contributed by atoms with van der Waals surface area (Å²) in [4.78, 5) is 1.99. The first-order valence-electron chi connectivity index (χ1n) is 4.24. The number of β-amino-alcohol motifs (C(OH)–C–C–N with tert-alkyl or cyclic N) is 1. The number of aliphatic hydroxyl groups is 2. The van der Waals surface area contributed by atoms with Crippen LogP contribution in [0.2, 0.25) is 0 Å². The summed E-state index contributed by atoms with van der Waals surface area (Å²) in [7, 11) is 0. The van der Waals surface area contributed by atoms with Crippen LogP contribution in [0.1, 0.15) is 20.3 Å². The minimum absolute atomic E-state index is 0.476. The second-order valence-corrected chi connectivity index (χ2v) is 3.82. The van der Waals surface area contributed by atoms with E-state index in [1.807, 2.05) is 11.8 Å². The Labute approximate surface area is 73.3 Å². The lowest BCUT2D eigenvalue weighted by atomic mass is 9.91. The van der Waals surface area contributed by atoms with E-state index >= 15 is 0 Å². The molecule has 0 saturated carbocycles. The molecule has 12 heavy (non-hydrogen) atoms. The molecule has 2 atom stereocenters. The number of likely N-dealkylation sites (tertiary alicyclic amines) is 1. The molecule has 2 N–H and O–H groups in total. The summed E-state index contributed by atoms with van der Waals surface area (Å²) in [6, 6.07) is 0. The largest absolute Gasteiger partial charge is 0.390 e. The van der Waals surface area contributed by atoms with Crippen molar-refractivity contribution in [2.75, 3.05) is 13.1 Å². The maximum atomic E-state index is 9.73. The van der Waals surface area contributed by atoms with E-state index in [0.717, 1.165) is 12.2 Å². The van der Waals surface area contributed by atoms with Gasteiger partial charge in [0, 0.05) is 18.8 Å². The van der Waals surface area contributed by atoms with E-state index in [-0.39, 0.29) is 0 Å². The van der Waals surface area contributed by atoms with Gasteiger partial charge in [-0.05, 0) is 20.3 Å². The lowest BCUT2D eigenvalue weighted by molar-refractivity contribution is -0.102. The third kappa shape index (κ3) is 1.79. The van der Waals surface area contributed by atoms with E-state index in [4.69, 9.17) is 0 Å². The van der Waals surface area contributed by atoms with Crippen LogP contribution in [-0.2, 0) is 0 Å². The van der Waals surface area contributed by atoms with Crippen molar-refractivity contribution in [3.05, 3.63) is 12.3 Å². The van der Waals surface area contributed by atoms with Crippen LogP contribution in [0.4, 0.5) is 0 Å². The highest BCUT2D eigenvalue weighted by Gasteiger charge is 2.36. The van der Waals surface area contributed by atoms with Crippen molar-refractivity contribution in [2.24, 2.45) is 0 Å². The molecule has 0 aromatic heterocycles. The SMILES string of the molecule is C=C(C)N1CC[C@H](O)[C@](C)(O)C1. The van der Waals surface area contributed by atoms with Crippen molar-refractivity contribution in [3.63, 3.8) is 0 Å². The molecule has 0 aromatic carbocycles. The lowest BCUT2D eigenvalue weighted by Crippen LogP contribution is -2.54. The molecule has 1 fully saturated rings. The fourth-order valence-corrected chi connectivity index (χ4v) is 1.49. The molecule has 1 heterocycles. The van der Waals surface area contributed by atoms with Crippen LogP contribution in [0.15, 0.2) is 12.3 Å². The summed E-state index contributed by atoms with van der Waals surface area (Å²) in [6.45, 7) is 8.63. The average Bonchev–Trinajstić information content (AvgIpc) is 1.94. The Morgan fingerprint density at radius 1 is 1.67 bits per heavy atom. The predicted octanol–water partition coefficient (Wildman–Crippen LogP) is 0.338. The number of rotatable bonds is 1. The Morgan fingerprint density at radius 3 is 2.67 bits per heavy atom. The molecule has 1 saturated heterocycles. The van der Waals surface area contributed by atoms with Gasteiger partial charge in [-0.1, -0.05) is 6.58 Å². The molecular formula is C9H17NO2. The third-order valence-electron chi connectivity index (χ3n) is 2.44. The van der Waals surface area contributed by atoms with Crippen molar-refractivity contribution in [1.82, 2.24) is 4.90 Å². The molecule has 70 valence electrons. The standard InChI is InChI=1S/C9H17NO2/c1-7(2)10-5-4-8(11)9(3,12)6-10/h8,11-12H,1,4-6H2,2-3H3/t8-,9+/m0/s1. The fourth-order valence-electron chi connectivity index (χ4n) is 1.49. The normalized spacial score (nSPS) is 36.7. The molecule has 1 rings (SSSR count). The first-order valence-corrected chi connectivity index (χ1v) is 4.24. The van der Waals surface area contributed by atoms with E-state index < -0.39 is 11.7 Å². The molecule has 1 aliphatic rings. The number of nitrogens with zero attached hydrogens (tertiary/aromatic N) is 1. The van der Waals surface area contributed by atoms with Crippen LogP contribution in [0, 0.1) is 0 Å². The summed E-state index contributed by atoms with van der Waals surface area (Å²) >= 11 is 0. The van der Waals surface area contributed by atoms with Crippen LogP contribution in [0.3, 0.4) is 0 Å². The quantitative estimate of drug-likeness (QED) is 0.598. The van der Waals surface area contributed by atoms with Gasteiger partial charge in [0.25, 0.3) is 0 Å². The van der Waals surface area contributed by atoms with Gasteiger partial charge in [0.15, 0.2) is 0 Å². The summed E-state index contributed by atoms with van der Waals surface area (Å²) in [5, 5.41) is 19.2. The number of aliphatic hydroxyl groups excluding tert-OH is 1. The second kappa shape index (κ2) is 3.07. The zero-order valence-electron chi connectivity index (χ0n) is 7.75. The molecule has 3 heteroatoms. The Kier molecular flexibility index (Phi) is 2.44. The van der Waals surface area contributed by atoms with Gasteiger partial charge in [-0.15, -0.1) is 0 Å². The van der Waals surface area contributed by atoms with E-state index in [1.54, 1.807) is 6.92 Å². The zero-order chi connectivity index (χ0) is 9.35. The number of allylic oxidation sites excluding steroid dienone is 1. The maximum absolute atomic E-state index is 9.73. The second-order valence-electron chi connectivity index (χ2n) is 3.82. The number of hydrogen-bond acceptors (Lipinski definition) is 3. The molecule has 0 unspecified atom stereocenters. The molecule has 3 nitrogen and oxygen atoms in total. The Balaban J connectivity index is 2.63. The first-order chi connectivity index (χ1) is 5.43. The van der Waals surface area contributed by atoms with Crippen LogP contribution in [0.25, 0.3) is 0 Å². The fraction of sp³-hybridized carbons (Fsp3) is 0.778. The minimum Gasteiger partial charge on any atom is -0.390 e. The Bertz CT molecular complexity index is 189. The molecular weight excluding hydrogens is 154 g/mol. The maximum Gasteiger partial charge on any atom is 0.105 e. The molecule has 0 aromatic rings. The molecule has 0 aliphatic carbocycles. The summed E-state index contributed by atoms with van der Waals surface area (Å²) < 4.78 is 0. The van der Waals surface area contributed by atoms with Crippen LogP contribution in [0.5, 0.6) is 0 Å². The van der Waals surface area contributed by atoms with Crippen molar-refractivity contribution in [3.8, 4) is 0 Å². The van der Waals surface area contributed by atoms with Gasteiger partial charge < -0.3 is 15.1 Å². The minimum atomic E-state index is -0.989. The topological polar surface area (TPSA) is 43.7 Å². The van der Waals surface area contributed by atoms with Gasteiger partial charge in [0.05, 0.1) is 6.10 Å². The summed E-state index contributed by atoms with van der Waals surface area (Å²) in [6.07, 6.45) is 0.00736. The van der Waals surface area contributed by atoms with E-state index in [0.29, 0.717) is 13.0 Å². The van der Waals surface area contributed by atoms with Crippen molar-refractivity contribution >= 4 is 0 Å². The van der Waals surface area contributed by atoms with E-state index in [2.05, 4.69) is 6.58 Å². The molecule has 0 amide bonds. The number of hydrogen-bond donors (Lipinski definition) is 2. The van der Waals surface area contributed by atoms with Crippen LogP contribution in [-0.4, -0.2) is 39.9 Å². The molecule has 1 aliphatic heterocycles. The monoisotopic (exact) mass is 171 g/mol. The van der Waals surface area contributed by atoms with Crippen LogP contribution < -0.4 is 0 Å². The van der Waals surface area contributed by atoms with Crippen molar-refractivity contribution < 1.29 is 10.2 Å². The van der Waals surface area contributed by atoms with Gasteiger partial charge in [-0.3, -0.25) is 0 Å². The van der Waals surface area contributed by atoms with Crippen molar-refractivity contribution in [2.45, 2.75) is 32.0 Å². The summed E-state index contributed by atoms with van der Waals surface area (Å²) in [5.41, 5.74) is -0.0424. The zero-order valence-corrected chi connectivity index (χ0v) is 7.75.